The zero-order valence-electron chi connectivity index (χ0n) is 13.5. The fourth-order valence-electron chi connectivity index (χ4n) is 4.67. The molecule has 0 radical (unpaired) electrons. The smallest absolute Gasteiger partial charge is 0.352 e. The number of anilines is 1. The molecule has 3 aliphatic rings. The van der Waals surface area contributed by atoms with Crippen LogP contribution in [0.1, 0.15) is 31.2 Å². The molecule has 2 saturated heterocycles. The highest BCUT2D eigenvalue weighted by atomic mass is 19.2. The first kappa shape index (κ1) is 14.9. The normalized spacial score (nSPS) is 26.0. The van der Waals surface area contributed by atoms with E-state index in [0.29, 0.717) is 18.2 Å². The average Bonchev–Trinajstić information content (AvgIpc) is 3.22. The summed E-state index contributed by atoms with van der Waals surface area (Å²) in [5, 5.41) is 0. The monoisotopic (exact) mass is 345 g/mol. The fraction of sp³-hybridized carbons (Fsp3) is 0.444. The van der Waals surface area contributed by atoms with Crippen LogP contribution in [0.15, 0.2) is 29.1 Å². The summed E-state index contributed by atoms with van der Waals surface area (Å²) < 4.78 is 33.6. The van der Waals surface area contributed by atoms with Crippen LogP contribution in [0.25, 0.3) is 0 Å². The van der Waals surface area contributed by atoms with E-state index in [1.54, 1.807) is 10.6 Å². The third-order valence-corrected chi connectivity index (χ3v) is 5.80. The minimum Gasteiger partial charge on any atom is -0.473 e. The number of nitrogens with zero attached hydrogens (tertiary/aromatic N) is 3. The number of hydrogen-bond donors (Lipinski definition) is 0. The second-order valence-electron chi connectivity index (χ2n) is 7.18. The van der Waals surface area contributed by atoms with Crippen LogP contribution in [-0.2, 0) is 13.2 Å². The molecule has 0 unspecified atom stereocenters. The van der Waals surface area contributed by atoms with Crippen molar-refractivity contribution in [2.45, 2.75) is 50.4 Å². The molecule has 0 saturated carbocycles. The molecule has 5 rings (SSSR count). The highest BCUT2D eigenvalue weighted by Gasteiger charge is 2.56. The molecule has 0 N–H and O–H groups in total. The Kier molecular flexibility index (Phi) is 2.99. The van der Waals surface area contributed by atoms with E-state index in [1.807, 2.05) is 0 Å². The molecular formula is C18H17F2N3O2. The topological polar surface area (TPSA) is 47.4 Å². The molecule has 1 aromatic heterocycles. The summed E-state index contributed by atoms with van der Waals surface area (Å²) in [6.07, 6.45) is 4.57. The van der Waals surface area contributed by atoms with Crippen molar-refractivity contribution in [3.8, 4) is 5.88 Å². The number of hydrogen-bond acceptors (Lipinski definition) is 4. The Labute approximate surface area is 142 Å². The highest BCUT2D eigenvalue weighted by molar-refractivity contribution is 5.54. The molecule has 25 heavy (non-hydrogen) atoms. The van der Waals surface area contributed by atoms with Crippen LogP contribution in [0, 0.1) is 11.6 Å². The van der Waals surface area contributed by atoms with Gasteiger partial charge in [0.1, 0.15) is 12.4 Å². The number of ether oxygens (including phenoxy) is 1. The maximum absolute atomic E-state index is 13.3. The molecule has 2 aromatic rings. The SMILES string of the molecule is O=c1nc(OCc2ccc(F)c(F)c2)cc2n1CC13CCC(CC1)N23. The van der Waals surface area contributed by atoms with Gasteiger partial charge in [-0.25, -0.2) is 13.6 Å². The summed E-state index contributed by atoms with van der Waals surface area (Å²) in [6.45, 7) is 0.732. The predicted octanol–water partition coefficient (Wildman–Crippen LogP) is 2.62. The summed E-state index contributed by atoms with van der Waals surface area (Å²) in [4.78, 5) is 18.8. The van der Waals surface area contributed by atoms with Crippen molar-refractivity contribution in [2.75, 3.05) is 4.90 Å². The Morgan fingerprint density at radius 3 is 2.76 bits per heavy atom. The van der Waals surface area contributed by atoms with Crippen LogP contribution < -0.4 is 15.3 Å². The van der Waals surface area contributed by atoms with E-state index in [9.17, 15) is 13.6 Å². The number of halogens is 2. The molecule has 0 spiro atoms. The van der Waals surface area contributed by atoms with Gasteiger partial charge < -0.3 is 9.64 Å². The fourth-order valence-corrected chi connectivity index (χ4v) is 4.67. The lowest BCUT2D eigenvalue weighted by Crippen LogP contribution is -2.38. The van der Waals surface area contributed by atoms with Crippen molar-refractivity contribution >= 4 is 5.82 Å². The zero-order valence-corrected chi connectivity index (χ0v) is 13.5. The number of rotatable bonds is 3. The highest BCUT2D eigenvalue weighted by Crippen LogP contribution is 2.53. The van der Waals surface area contributed by atoms with Crippen LogP contribution >= 0.6 is 0 Å². The van der Waals surface area contributed by atoms with Gasteiger partial charge in [0.05, 0.1) is 12.1 Å². The molecule has 2 fully saturated rings. The third kappa shape index (κ3) is 2.11. The van der Waals surface area contributed by atoms with E-state index in [1.165, 1.54) is 18.9 Å². The molecule has 7 heteroatoms. The van der Waals surface area contributed by atoms with Crippen molar-refractivity contribution in [1.29, 1.82) is 0 Å². The first-order valence-electron chi connectivity index (χ1n) is 8.54. The summed E-state index contributed by atoms with van der Waals surface area (Å²) in [5.41, 5.74) is 0.253. The Morgan fingerprint density at radius 2 is 2.00 bits per heavy atom. The van der Waals surface area contributed by atoms with Gasteiger partial charge in [-0.15, -0.1) is 0 Å². The van der Waals surface area contributed by atoms with E-state index in [4.69, 9.17) is 4.74 Å². The molecule has 0 amide bonds. The van der Waals surface area contributed by atoms with E-state index in [-0.39, 0.29) is 23.7 Å². The second kappa shape index (κ2) is 5.03. The Morgan fingerprint density at radius 1 is 1.20 bits per heavy atom. The molecular weight excluding hydrogens is 328 g/mol. The minimum absolute atomic E-state index is 0.0294. The number of fused-ring (bicyclic) bond motifs is 1. The van der Waals surface area contributed by atoms with Crippen LogP contribution in [0.5, 0.6) is 5.88 Å². The summed E-state index contributed by atoms with van der Waals surface area (Å²) >= 11 is 0. The van der Waals surface area contributed by atoms with Gasteiger partial charge >= 0.3 is 5.69 Å². The first-order valence-corrected chi connectivity index (χ1v) is 8.54. The maximum Gasteiger partial charge on any atom is 0.352 e. The molecule has 5 nitrogen and oxygen atoms in total. The van der Waals surface area contributed by atoms with Crippen molar-refractivity contribution in [3.63, 3.8) is 0 Å². The van der Waals surface area contributed by atoms with E-state index >= 15 is 0 Å². The lowest BCUT2D eigenvalue weighted by molar-refractivity contribution is 0.290. The molecule has 3 aliphatic heterocycles. The molecule has 4 heterocycles. The van der Waals surface area contributed by atoms with E-state index in [0.717, 1.165) is 30.8 Å². The van der Waals surface area contributed by atoms with Gasteiger partial charge in [0.15, 0.2) is 11.6 Å². The maximum atomic E-state index is 13.3. The summed E-state index contributed by atoms with van der Waals surface area (Å²) in [7, 11) is 0. The standard InChI is InChI=1S/C18H17F2N3O2/c19-13-2-1-11(7-14(13)20)9-25-15-8-16-22(17(24)21-15)10-18-5-3-12(4-6-18)23(16)18/h1-2,7-8,12H,3-6,9-10H2. The van der Waals surface area contributed by atoms with Gasteiger partial charge in [-0.3, -0.25) is 4.57 Å². The minimum atomic E-state index is -0.918. The Bertz CT molecular complexity index is 919. The predicted molar refractivity (Wildman–Crippen MR) is 86.7 cm³/mol. The van der Waals surface area contributed by atoms with Crippen molar-refractivity contribution < 1.29 is 13.5 Å². The van der Waals surface area contributed by atoms with Gasteiger partial charge in [-0.05, 0) is 43.4 Å². The van der Waals surface area contributed by atoms with Crippen molar-refractivity contribution in [3.05, 3.63) is 51.9 Å². The summed E-state index contributed by atoms with van der Waals surface area (Å²) in [6, 6.07) is 5.89. The van der Waals surface area contributed by atoms with Gasteiger partial charge in [0.2, 0.25) is 5.88 Å². The van der Waals surface area contributed by atoms with Crippen LogP contribution in [0.2, 0.25) is 0 Å². The molecule has 0 atom stereocenters. The Hall–Kier alpha value is -2.44. The van der Waals surface area contributed by atoms with Crippen molar-refractivity contribution in [1.82, 2.24) is 9.55 Å². The number of benzene rings is 1. The number of aromatic nitrogens is 2. The zero-order chi connectivity index (χ0) is 17.2. The van der Waals surface area contributed by atoms with Crippen molar-refractivity contribution in [2.24, 2.45) is 0 Å². The first-order chi connectivity index (χ1) is 12.1. The van der Waals surface area contributed by atoms with Gasteiger partial charge in [0, 0.05) is 12.1 Å². The van der Waals surface area contributed by atoms with E-state index in [2.05, 4.69) is 9.88 Å². The van der Waals surface area contributed by atoms with E-state index < -0.39 is 11.6 Å². The van der Waals surface area contributed by atoms with Crippen LogP contribution in [0.4, 0.5) is 14.6 Å². The third-order valence-electron chi connectivity index (χ3n) is 5.80. The van der Waals surface area contributed by atoms with Gasteiger partial charge in [-0.2, -0.15) is 4.98 Å². The van der Waals surface area contributed by atoms with Gasteiger partial charge in [-0.1, -0.05) is 6.07 Å². The molecule has 0 aliphatic carbocycles. The molecule has 2 bridgehead atoms. The Balaban J connectivity index is 1.43. The summed E-state index contributed by atoms with van der Waals surface area (Å²) in [5.74, 6) is -0.712. The largest absolute Gasteiger partial charge is 0.473 e. The lowest BCUT2D eigenvalue weighted by atomic mass is 9.88. The molecule has 1 aromatic carbocycles. The average molecular weight is 345 g/mol. The quantitative estimate of drug-likeness (QED) is 0.858. The van der Waals surface area contributed by atoms with Crippen LogP contribution in [-0.4, -0.2) is 21.1 Å². The van der Waals surface area contributed by atoms with Crippen LogP contribution in [0.3, 0.4) is 0 Å². The lowest BCUT2D eigenvalue weighted by Gasteiger charge is -2.27. The second-order valence-corrected chi connectivity index (χ2v) is 7.18. The molecule has 130 valence electrons. The van der Waals surface area contributed by atoms with Gasteiger partial charge in [0.25, 0.3) is 0 Å².